The predicted molar refractivity (Wildman–Crippen MR) is 116 cm³/mol. The lowest BCUT2D eigenvalue weighted by molar-refractivity contribution is 0.218. The van der Waals surface area contributed by atoms with Crippen LogP contribution < -0.4 is 15.0 Å². The van der Waals surface area contributed by atoms with Crippen LogP contribution in [0.2, 0.25) is 0 Å². The normalized spacial score (nSPS) is 22.4. The molecule has 2 amide bonds. The number of aromatic nitrogens is 4. The minimum absolute atomic E-state index is 0.145. The van der Waals surface area contributed by atoms with Crippen molar-refractivity contribution in [3.63, 3.8) is 0 Å². The van der Waals surface area contributed by atoms with Crippen molar-refractivity contribution in [1.29, 1.82) is 5.26 Å². The van der Waals surface area contributed by atoms with Crippen LogP contribution in [0.1, 0.15) is 18.4 Å². The van der Waals surface area contributed by atoms with Gasteiger partial charge in [0.2, 0.25) is 5.13 Å². The van der Waals surface area contributed by atoms with E-state index in [-0.39, 0.29) is 12.0 Å². The Morgan fingerprint density at radius 2 is 2.19 bits per heavy atom. The fraction of sp³-hybridized carbons (Fsp3) is 0.450. The number of amides is 2. The van der Waals surface area contributed by atoms with E-state index < -0.39 is 0 Å². The molecule has 31 heavy (non-hydrogen) atoms. The predicted octanol–water partition coefficient (Wildman–Crippen LogP) is 2.67. The number of carbonyl (C=O) groups excluding carboxylic acids is 1. The highest BCUT2D eigenvalue weighted by Gasteiger charge is 2.44. The molecule has 4 heterocycles. The van der Waals surface area contributed by atoms with E-state index in [0.717, 1.165) is 54.2 Å². The number of hydrogen-bond acceptors (Lipinski definition) is 8. The molecular formula is C20H22N8O2S. The molecule has 1 unspecified atom stereocenters. The first-order valence-corrected chi connectivity index (χ1v) is 10.9. The van der Waals surface area contributed by atoms with Gasteiger partial charge < -0.3 is 19.5 Å². The van der Waals surface area contributed by atoms with Crippen LogP contribution in [-0.2, 0) is 0 Å². The summed E-state index contributed by atoms with van der Waals surface area (Å²) < 4.78 is 8.97. The largest absolute Gasteiger partial charge is 0.466 e. The van der Waals surface area contributed by atoms with E-state index >= 15 is 0 Å². The van der Waals surface area contributed by atoms with Gasteiger partial charge in [0.25, 0.3) is 0 Å². The van der Waals surface area contributed by atoms with Crippen LogP contribution in [0, 0.1) is 23.2 Å². The third-order valence-corrected chi connectivity index (χ3v) is 7.01. The molecule has 2 N–H and O–H groups in total. The Labute approximate surface area is 183 Å². The summed E-state index contributed by atoms with van der Waals surface area (Å²) in [4.78, 5) is 28.3. The van der Waals surface area contributed by atoms with E-state index in [2.05, 4.69) is 42.7 Å². The van der Waals surface area contributed by atoms with Crippen molar-refractivity contribution in [1.82, 2.24) is 24.2 Å². The number of aromatic amines is 1. The monoisotopic (exact) mass is 438 g/mol. The minimum Gasteiger partial charge on any atom is -0.466 e. The average molecular weight is 439 g/mol. The summed E-state index contributed by atoms with van der Waals surface area (Å²) in [5.74, 6) is 0.882. The van der Waals surface area contributed by atoms with Crippen molar-refractivity contribution in [2.75, 3.05) is 37.5 Å². The highest BCUT2D eigenvalue weighted by Crippen LogP contribution is 2.42. The SMILES string of the molecule is COc1nsc(NC(=O)N2CC3C[C@@H](N(C)c4c(C#N)cnc5[nH]ccc45)C[C@@H]3C2)n1. The molecule has 3 atom stereocenters. The van der Waals surface area contributed by atoms with E-state index in [9.17, 15) is 10.1 Å². The van der Waals surface area contributed by atoms with Gasteiger partial charge >= 0.3 is 12.0 Å². The lowest BCUT2D eigenvalue weighted by Crippen LogP contribution is -2.36. The Bertz CT molecular complexity index is 1150. The Morgan fingerprint density at radius 1 is 1.42 bits per heavy atom. The van der Waals surface area contributed by atoms with Gasteiger partial charge in [-0.15, -0.1) is 4.37 Å². The minimum atomic E-state index is -0.145. The van der Waals surface area contributed by atoms with E-state index in [0.29, 0.717) is 28.6 Å². The van der Waals surface area contributed by atoms with Gasteiger partial charge in [-0.2, -0.15) is 10.2 Å². The third kappa shape index (κ3) is 3.42. The Morgan fingerprint density at radius 3 is 2.87 bits per heavy atom. The van der Waals surface area contributed by atoms with E-state index in [1.54, 1.807) is 6.20 Å². The molecule has 1 aliphatic carbocycles. The van der Waals surface area contributed by atoms with Crippen molar-refractivity contribution in [2.45, 2.75) is 18.9 Å². The molecule has 0 radical (unpaired) electrons. The molecule has 1 saturated heterocycles. The van der Waals surface area contributed by atoms with Gasteiger partial charge in [0.15, 0.2) is 0 Å². The van der Waals surface area contributed by atoms with Gasteiger partial charge in [0.05, 0.1) is 18.4 Å². The van der Waals surface area contributed by atoms with E-state index in [1.165, 1.54) is 7.11 Å². The zero-order chi connectivity index (χ0) is 21.5. The molecule has 0 aromatic carbocycles. The molecular weight excluding hydrogens is 416 g/mol. The molecule has 3 aromatic heterocycles. The molecule has 1 aliphatic heterocycles. The number of fused-ring (bicyclic) bond motifs is 2. The number of rotatable bonds is 4. The second-order valence-electron chi connectivity index (χ2n) is 8.05. The molecule has 10 nitrogen and oxygen atoms in total. The third-order valence-electron chi connectivity index (χ3n) is 6.40. The fourth-order valence-corrected chi connectivity index (χ4v) is 5.43. The summed E-state index contributed by atoms with van der Waals surface area (Å²) in [6.07, 6.45) is 5.45. The topological polar surface area (TPSA) is 123 Å². The summed E-state index contributed by atoms with van der Waals surface area (Å²) in [5, 5.41) is 13.8. The van der Waals surface area contributed by atoms with Crippen molar-refractivity contribution >= 4 is 39.4 Å². The zero-order valence-corrected chi connectivity index (χ0v) is 18.0. The molecule has 3 aromatic rings. The van der Waals surface area contributed by atoms with Crippen LogP contribution in [0.15, 0.2) is 18.5 Å². The quantitative estimate of drug-likeness (QED) is 0.642. The van der Waals surface area contributed by atoms with Gasteiger partial charge in [-0.25, -0.2) is 9.78 Å². The number of nitrogens with zero attached hydrogens (tertiary/aromatic N) is 6. The second kappa shape index (κ2) is 7.70. The number of hydrogen-bond donors (Lipinski definition) is 2. The number of ether oxygens (including phenoxy) is 1. The molecule has 0 bridgehead atoms. The van der Waals surface area contributed by atoms with Crippen LogP contribution in [0.25, 0.3) is 11.0 Å². The van der Waals surface area contributed by atoms with Gasteiger partial charge in [0.1, 0.15) is 11.7 Å². The lowest BCUT2D eigenvalue weighted by atomic mass is 10.0. The van der Waals surface area contributed by atoms with Crippen molar-refractivity contribution in [2.24, 2.45) is 11.8 Å². The molecule has 0 spiro atoms. The number of carbonyl (C=O) groups is 1. The maximum Gasteiger partial charge on any atom is 0.329 e. The molecule has 2 aliphatic rings. The van der Waals surface area contributed by atoms with Crippen molar-refractivity contribution in [3.8, 4) is 12.1 Å². The number of H-pyrrole nitrogens is 1. The highest BCUT2D eigenvalue weighted by atomic mass is 32.1. The fourth-order valence-electron chi connectivity index (χ4n) is 4.90. The summed E-state index contributed by atoms with van der Waals surface area (Å²) in [6.45, 7) is 1.44. The molecule has 2 fully saturated rings. The summed E-state index contributed by atoms with van der Waals surface area (Å²) >= 11 is 1.10. The summed E-state index contributed by atoms with van der Waals surface area (Å²) in [6, 6.07) is 4.69. The number of urea groups is 1. The van der Waals surface area contributed by atoms with Crippen LogP contribution in [0.3, 0.4) is 0 Å². The lowest BCUT2D eigenvalue weighted by Gasteiger charge is -2.29. The standard InChI is InChI=1S/C20H22N8O2S/c1-27(16-13(7-21)8-23-17-15(16)3-4-22-17)14-5-11-9-28(10-12(11)6-14)20(29)25-19-24-18(30-2)26-31-19/h3-4,8,11-12,14H,5-6,9-10H2,1-2H3,(H,22,23)(H,24,25,26,29)/t11-,12?,14+/m1/s1. The molecule has 160 valence electrons. The van der Waals surface area contributed by atoms with Crippen LogP contribution in [-0.4, -0.2) is 63.5 Å². The molecule has 1 saturated carbocycles. The average Bonchev–Trinajstić information content (AvgIpc) is 3.54. The molecule has 5 rings (SSSR count). The highest BCUT2D eigenvalue weighted by molar-refractivity contribution is 7.10. The van der Waals surface area contributed by atoms with Crippen molar-refractivity contribution < 1.29 is 9.53 Å². The van der Waals surface area contributed by atoms with Crippen LogP contribution >= 0.6 is 11.5 Å². The molecule has 11 heteroatoms. The van der Waals surface area contributed by atoms with E-state index in [1.807, 2.05) is 17.2 Å². The number of methoxy groups -OCH3 is 1. The Kier molecular flexibility index (Phi) is 4.86. The summed E-state index contributed by atoms with van der Waals surface area (Å²) in [5.41, 5.74) is 2.30. The number of likely N-dealkylation sites (tertiary alicyclic amines) is 1. The Balaban J connectivity index is 1.26. The van der Waals surface area contributed by atoms with Crippen LogP contribution in [0.5, 0.6) is 6.01 Å². The van der Waals surface area contributed by atoms with Gasteiger partial charge in [0, 0.05) is 55.5 Å². The van der Waals surface area contributed by atoms with Gasteiger partial charge in [-0.1, -0.05) is 0 Å². The van der Waals surface area contributed by atoms with Gasteiger partial charge in [-0.3, -0.25) is 5.32 Å². The first-order valence-electron chi connectivity index (χ1n) is 10.1. The van der Waals surface area contributed by atoms with Crippen LogP contribution in [0.4, 0.5) is 15.6 Å². The zero-order valence-electron chi connectivity index (χ0n) is 17.2. The number of nitrogens with one attached hydrogen (secondary N) is 2. The number of pyridine rings is 1. The smallest absolute Gasteiger partial charge is 0.329 e. The van der Waals surface area contributed by atoms with Gasteiger partial charge in [-0.05, 0) is 30.7 Å². The summed E-state index contributed by atoms with van der Waals surface area (Å²) in [7, 11) is 3.55. The maximum absolute atomic E-state index is 12.6. The first-order chi connectivity index (χ1) is 15.1. The first kappa shape index (κ1) is 19.6. The van der Waals surface area contributed by atoms with E-state index in [4.69, 9.17) is 4.74 Å². The Hall–Kier alpha value is -3.39. The number of anilines is 2. The number of nitriles is 1. The maximum atomic E-state index is 12.6. The second-order valence-corrected chi connectivity index (χ2v) is 8.80. The van der Waals surface area contributed by atoms with Crippen molar-refractivity contribution in [3.05, 3.63) is 24.0 Å².